The molecule has 0 atom stereocenters. The smallest absolute Gasteiger partial charge is 0.410 e. The Kier molecular flexibility index (Phi) is 6.18. The van der Waals surface area contributed by atoms with Crippen LogP contribution in [-0.4, -0.2) is 59.4 Å². The average molecular weight is 358 g/mol. The lowest BCUT2D eigenvalue weighted by Gasteiger charge is -2.35. The van der Waals surface area contributed by atoms with Crippen molar-refractivity contribution in [1.29, 1.82) is 0 Å². The zero-order valence-electron chi connectivity index (χ0n) is 15.8. The first-order valence-corrected chi connectivity index (χ1v) is 8.71. The minimum atomic E-state index is -0.539. The maximum Gasteiger partial charge on any atom is 0.410 e. The zero-order chi connectivity index (χ0) is 19.3. The van der Waals surface area contributed by atoms with Gasteiger partial charge in [-0.1, -0.05) is 29.8 Å². The number of piperazine rings is 1. The number of hydrogen-bond donors (Lipinski definition) is 0. The van der Waals surface area contributed by atoms with Gasteiger partial charge in [0.25, 0.3) is 0 Å². The van der Waals surface area contributed by atoms with Gasteiger partial charge in [0, 0.05) is 37.8 Å². The van der Waals surface area contributed by atoms with Crippen molar-refractivity contribution < 1.29 is 19.1 Å². The molecule has 0 saturated carbocycles. The van der Waals surface area contributed by atoms with Crippen LogP contribution in [0, 0.1) is 6.92 Å². The summed E-state index contributed by atoms with van der Waals surface area (Å²) in [6.07, 6.45) is 2.23. The highest BCUT2D eigenvalue weighted by Gasteiger charge is 2.27. The number of aryl methyl sites for hydroxylation is 1. The van der Waals surface area contributed by atoms with Crippen molar-refractivity contribution in [3.8, 4) is 0 Å². The Morgan fingerprint density at radius 2 is 1.46 bits per heavy atom. The first-order valence-electron chi connectivity index (χ1n) is 8.71. The molecule has 0 spiro atoms. The van der Waals surface area contributed by atoms with Gasteiger partial charge in [0.1, 0.15) is 5.60 Å². The fourth-order valence-corrected chi connectivity index (χ4v) is 2.50. The minimum absolute atomic E-state index is 0.203. The molecular weight excluding hydrogens is 332 g/mol. The average Bonchev–Trinajstić information content (AvgIpc) is 2.58. The van der Waals surface area contributed by atoms with Gasteiger partial charge in [-0.05, 0) is 33.8 Å². The number of hydrogen-bond acceptors (Lipinski definition) is 4. The summed E-state index contributed by atoms with van der Waals surface area (Å²) in [5, 5.41) is 0. The second kappa shape index (κ2) is 8.17. The number of carbonyl (C=O) groups excluding carboxylic acids is 3. The Balaban J connectivity index is 1.85. The van der Waals surface area contributed by atoms with E-state index < -0.39 is 5.60 Å². The molecule has 2 amide bonds. The molecule has 1 aromatic rings. The zero-order valence-corrected chi connectivity index (χ0v) is 15.8. The lowest BCUT2D eigenvalue weighted by molar-refractivity contribution is -0.127. The van der Waals surface area contributed by atoms with E-state index in [0.717, 1.165) is 5.56 Å². The van der Waals surface area contributed by atoms with Gasteiger partial charge in [0.2, 0.25) is 5.91 Å². The van der Waals surface area contributed by atoms with Crippen LogP contribution in [0.4, 0.5) is 4.79 Å². The molecule has 6 nitrogen and oxygen atoms in total. The van der Waals surface area contributed by atoms with Crippen LogP contribution in [0.25, 0.3) is 0 Å². The predicted molar refractivity (Wildman–Crippen MR) is 99.0 cm³/mol. The van der Waals surface area contributed by atoms with Crippen LogP contribution in [0.1, 0.15) is 36.7 Å². The third-order valence-electron chi connectivity index (χ3n) is 3.96. The molecule has 1 aliphatic heterocycles. The summed E-state index contributed by atoms with van der Waals surface area (Å²) in [5.74, 6) is -0.431. The molecule has 0 N–H and O–H groups in total. The SMILES string of the molecule is Cc1ccc(C(=O)/C=C/C(=O)N2CCN(C(=O)OC(C)(C)C)CC2)cc1. The van der Waals surface area contributed by atoms with Crippen molar-refractivity contribution in [2.24, 2.45) is 0 Å². The number of amides is 2. The second-order valence-corrected chi connectivity index (χ2v) is 7.36. The van der Waals surface area contributed by atoms with E-state index in [1.54, 1.807) is 21.9 Å². The predicted octanol–water partition coefficient (Wildman–Crippen LogP) is 2.81. The standard InChI is InChI=1S/C20H26N2O4/c1-15-5-7-16(8-6-15)17(23)9-10-18(24)21-11-13-22(14-12-21)19(25)26-20(2,3)4/h5-10H,11-14H2,1-4H3/b10-9+. The summed E-state index contributed by atoms with van der Waals surface area (Å²) < 4.78 is 5.33. The summed E-state index contributed by atoms with van der Waals surface area (Å²) in [6, 6.07) is 7.20. The first kappa shape index (κ1) is 19.7. The van der Waals surface area contributed by atoms with E-state index in [-0.39, 0.29) is 17.8 Å². The lowest BCUT2D eigenvalue weighted by atomic mass is 10.1. The second-order valence-electron chi connectivity index (χ2n) is 7.36. The number of allylic oxidation sites excluding steroid dienone is 1. The lowest BCUT2D eigenvalue weighted by Crippen LogP contribution is -2.51. The Bertz CT molecular complexity index is 694. The minimum Gasteiger partial charge on any atom is -0.444 e. The van der Waals surface area contributed by atoms with Gasteiger partial charge in [-0.15, -0.1) is 0 Å². The van der Waals surface area contributed by atoms with Crippen LogP contribution in [0.15, 0.2) is 36.4 Å². The normalized spacial score (nSPS) is 15.2. The summed E-state index contributed by atoms with van der Waals surface area (Å²) in [7, 11) is 0. The fraction of sp³-hybridized carbons (Fsp3) is 0.450. The molecule has 0 radical (unpaired) electrons. The molecule has 0 unspecified atom stereocenters. The first-order chi connectivity index (χ1) is 12.2. The quantitative estimate of drug-likeness (QED) is 0.615. The van der Waals surface area contributed by atoms with Crippen LogP contribution < -0.4 is 0 Å². The van der Waals surface area contributed by atoms with Crippen molar-refractivity contribution in [1.82, 2.24) is 9.80 Å². The molecule has 1 aromatic carbocycles. The van der Waals surface area contributed by atoms with E-state index in [1.807, 2.05) is 39.8 Å². The van der Waals surface area contributed by atoms with Crippen LogP contribution in [0.5, 0.6) is 0 Å². The van der Waals surface area contributed by atoms with Gasteiger partial charge >= 0.3 is 6.09 Å². The summed E-state index contributed by atoms with van der Waals surface area (Å²) in [4.78, 5) is 39.6. The number of carbonyl (C=O) groups is 3. The van der Waals surface area contributed by atoms with Crippen LogP contribution in [-0.2, 0) is 9.53 Å². The highest BCUT2D eigenvalue weighted by Crippen LogP contribution is 2.12. The summed E-state index contributed by atoms with van der Waals surface area (Å²) in [5.41, 5.74) is 1.09. The largest absolute Gasteiger partial charge is 0.444 e. The highest BCUT2D eigenvalue weighted by molar-refractivity contribution is 6.07. The van der Waals surface area contributed by atoms with E-state index in [0.29, 0.717) is 31.7 Å². The molecule has 0 bridgehead atoms. The number of ether oxygens (including phenoxy) is 1. The highest BCUT2D eigenvalue weighted by atomic mass is 16.6. The van der Waals surface area contributed by atoms with Crippen molar-refractivity contribution in [3.63, 3.8) is 0 Å². The van der Waals surface area contributed by atoms with E-state index >= 15 is 0 Å². The molecule has 2 rings (SSSR count). The van der Waals surface area contributed by atoms with Gasteiger partial charge in [0.15, 0.2) is 5.78 Å². The molecule has 0 aliphatic carbocycles. The molecule has 1 aliphatic rings. The Morgan fingerprint density at radius 3 is 2.00 bits per heavy atom. The summed E-state index contributed by atoms with van der Waals surface area (Å²) >= 11 is 0. The molecule has 1 fully saturated rings. The number of benzene rings is 1. The molecule has 26 heavy (non-hydrogen) atoms. The van der Waals surface area contributed by atoms with Gasteiger partial charge in [-0.2, -0.15) is 0 Å². The van der Waals surface area contributed by atoms with Crippen molar-refractivity contribution in [3.05, 3.63) is 47.5 Å². The summed E-state index contributed by atoms with van der Waals surface area (Å²) in [6.45, 7) is 9.08. The van der Waals surface area contributed by atoms with Crippen LogP contribution in [0.3, 0.4) is 0 Å². The fourth-order valence-electron chi connectivity index (χ4n) is 2.50. The van der Waals surface area contributed by atoms with E-state index in [4.69, 9.17) is 4.74 Å². The topological polar surface area (TPSA) is 66.9 Å². The van der Waals surface area contributed by atoms with Crippen LogP contribution in [0.2, 0.25) is 0 Å². The van der Waals surface area contributed by atoms with Crippen molar-refractivity contribution in [2.75, 3.05) is 26.2 Å². The molecule has 1 heterocycles. The van der Waals surface area contributed by atoms with Gasteiger partial charge in [-0.3, -0.25) is 9.59 Å². The maximum atomic E-state index is 12.2. The number of rotatable bonds is 3. The van der Waals surface area contributed by atoms with Crippen molar-refractivity contribution >= 4 is 17.8 Å². The van der Waals surface area contributed by atoms with Gasteiger partial charge < -0.3 is 14.5 Å². The van der Waals surface area contributed by atoms with E-state index in [9.17, 15) is 14.4 Å². The van der Waals surface area contributed by atoms with Gasteiger partial charge in [-0.25, -0.2) is 4.79 Å². The Morgan fingerprint density at radius 1 is 0.923 bits per heavy atom. The van der Waals surface area contributed by atoms with Gasteiger partial charge in [0.05, 0.1) is 0 Å². The Labute approximate surface area is 154 Å². The third kappa shape index (κ3) is 5.72. The Hall–Kier alpha value is -2.63. The van der Waals surface area contributed by atoms with E-state index in [1.165, 1.54) is 12.2 Å². The molecule has 0 aromatic heterocycles. The molecule has 6 heteroatoms. The monoisotopic (exact) mass is 358 g/mol. The molecular formula is C20H26N2O4. The van der Waals surface area contributed by atoms with Crippen molar-refractivity contribution in [2.45, 2.75) is 33.3 Å². The maximum absolute atomic E-state index is 12.2. The molecule has 1 saturated heterocycles. The third-order valence-corrected chi connectivity index (χ3v) is 3.96. The van der Waals surface area contributed by atoms with E-state index in [2.05, 4.69) is 0 Å². The van der Waals surface area contributed by atoms with Crippen LogP contribution >= 0.6 is 0 Å². The number of ketones is 1. The molecule has 140 valence electrons. The number of nitrogens with zero attached hydrogens (tertiary/aromatic N) is 2.